The van der Waals surface area contributed by atoms with Crippen molar-refractivity contribution < 1.29 is 14.0 Å². The quantitative estimate of drug-likeness (QED) is 0.671. The third kappa shape index (κ3) is 3.47. The first-order valence-electron chi connectivity index (χ1n) is 4.42. The van der Waals surface area contributed by atoms with Crippen molar-refractivity contribution in [2.75, 3.05) is 0 Å². The van der Waals surface area contributed by atoms with Crippen molar-refractivity contribution in [2.24, 2.45) is 0 Å². The van der Waals surface area contributed by atoms with Crippen molar-refractivity contribution in [1.29, 1.82) is 0 Å². The fourth-order valence-corrected chi connectivity index (χ4v) is 1.14. The number of aldehydes is 1. The number of hydrogen-bond acceptors (Lipinski definition) is 2. The van der Waals surface area contributed by atoms with Crippen LogP contribution in [0.2, 0.25) is 0 Å². The summed E-state index contributed by atoms with van der Waals surface area (Å²) in [4.78, 5) is 21.2. The molecule has 1 aromatic rings. The maximum absolute atomic E-state index is 12.5. The highest BCUT2D eigenvalue weighted by molar-refractivity contribution is 5.82. The summed E-state index contributed by atoms with van der Waals surface area (Å²) in [6.07, 6.45) is 1.53. The minimum absolute atomic E-state index is 0.00343. The molecule has 0 saturated heterocycles. The second-order valence-electron chi connectivity index (χ2n) is 3.05. The van der Waals surface area contributed by atoms with Crippen LogP contribution in [0.1, 0.15) is 18.4 Å². The van der Waals surface area contributed by atoms with E-state index in [1.54, 1.807) is 12.1 Å². The van der Waals surface area contributed by atoms with Crippen LogP contribution in [0.5, 0.6) is 0 Å². The molecule has 0 bridgehead atoms. The number of halogens is 1. The molecule has 0 aromatic heterocycles. The lowest BCUT2D eigenvalue weighted by Gasteiger charge is -1.98. The van der Waals surface area contributed by atoms with E-state index in [1.807, 2.05) is 0 Å². The molecule has 2 nitrogen and oxygen atoms in total. The zero-order chi connectivity index (χ0) is 10.4. The molecule has 0 aliphatic rings. The van der Waals surface area contributed by atoms with Gasteiger partial charge < -0.3 is 4.79 Å². The molecular formula is C11H11FO2. The predicted molar refractivity (Wildman–Crippen MR) is 50.4 cm³/mol. The molecule has 0 radical (unpaired) electrons. The van der Waals surface area contributed by atoms with Crippen LogP contribution in [-0.2, 0) is 16.0 Å². The summed E-state index contributed by atoms with van der Waals surface area (Å²) in [5.74, 6) is -0.308. The summed E-state index contributed by atoms with van der Waals surface area (Å²) >= 11 is 0. The fraction of sp³-hybridized carbons (Fsp3) is 0.273. The molecule has 74 valence electrons. The van der Waals surface area contributed by atoms with Gasteiger partial charge in [0.05, 0.1) is 0 Å². The van der Waals surface area contributed by atoms with Crippen LogP contribution in [0.25, 0.3) is 0 Å². The summed E-state index contributed by atoms with van der Waals surface area (Å²) in [5.41, 5.74) is 0.780. The molecule has 1 rings (SSSR count). The predicted octanol–water partition coefficient (Wildman–Crippen LogP) is 1.92. The Morgan fingerprint density at radius 1 is 1.29 bits per heavy atom. The lowest BCUT2D eigenvalue weighted by Crippen LogP contribution is -2.02. The average molecular weight is 194 g/mol. The smallest absolute Gasteiger partial charge is 0.137 e. The normalized spacial score (nSPS) is 9.79. The summed E-state index contributed by atoms with van der Waals surface area (Å²) in [6.45, 7) is 0. The van der Waals surface area contributed by atoms with Gasteiger partial charge in [-0.3, -0.25) is 4.79 Å². The van der Waals surface area contributed by atoms with Crippen molar-refractivity contribution in [3.8, 4) is 0 Å². The first kappa shape index (κ1) is 10.6. The van der Waals surface area contributed by atoms with Crippen LogP contribution in [-0.4, -0.2) is 12.1 Å². The molecule has 0 aliphatic heterocycles. The molecule has 0 amide bonds. The molecule has 0 spiro atoms. The molecule has 0 fully saturated rings. The molecule has 0 saturated carbocycles. The first-order chi connectivity index (χ1) is 6.72. The Morgan fingerprint density at radius 3 is 2.50 bits per heavy atom. The highest BCUT2D eigenvalue weighted by atomic mass is 19.1. The van der Waals surface area contributed by atoms with Crippen molar-refractivity contribution >= 4 is 12.1 Å². The van der Waals surface area contributed by atoms with Gasteiger partial charge >= 0.3 is 0 Å². The molecule has 3 heteroatoms. The number of ketones is 1. The second kappa shape index (κ2) is 5.27. The molecule has 0 N–H and O–H groups in total. The average Bonchev–Trinajstić information content (AvgIpc) is 2.18. The number of rotatable bonds is 5. The number of carbonyl (C=O) groups is 2. The Kier molecular flexibility index (Phi) is 3.98. The van der Waals surface area contributed by atoms with Gasteiger partial charge in [-0.2, -0.15) is 0 Å². The summed E-state index contributed by atoms with van der Waals surface area (Å²) in [5, 5.41) is 0. The topological polar surface area (TPSA) is 34.1 Å². The Labute approximate surface area is 81.7 Å². The van der Waals surface area contributed by atoms with Crippen LogP contribution in [0, 0.1) is 5.82 Å². The largest absolute Gasteiger partial charge is 0.303 e. The van der Waals surface area contributed by atoms with E-state index in [4.69, 9.17) is 0 Å². The van der Waals surface area contributed by atoms with Gasteiger partial charge in [0.1, 0.15) is 17.9 Å². The highest BCUT2D eigenvalue weighted by Gasteiger charge is 2.02. The Bertz CT molecular complexity index is 317. The maximum Gasteiger partial charge on any atom is 0.137 e. The fourth-order valence-electron chi connectivity index (χ4n) is 1.14. The van der Waals surface area contributed by atoms with E-state index < -0.39 is 0 Å². The molecule has 0 atom stereocenters. The third-order valence-corrected chi connectivity index (χ3v) is 1.86. The van der Waals surface area contributed by atoms with Crippen molar-refractivity contribution in [3.05, 3.63) is 35.6 Å². The molecule has 0 aliphatic carbocycles. The van der Waals surface area contributed by atoms with Gasteiger partial charge in [0.15, 0.2) is 0 Å². The monoisotopic (exact) mass is 194 g/mol. The Morgan fingerprint density at radius 2 is 1.93 bits per heavy atom. The number of benzene rings is 1. The van der Waals surface area contributed by atoms with Gasteiger partial charge in [-0.25, -0.2) is 4.39 Å². The zero-order valence-corrected chi connectivity index (χ0v) is 7.70. The standard InChI is InChI=1S/C11H11FO2/c12-10-5-3-9(4-6-10)8-11(14)2-1-7-13/h3-7H,1-2,8H2. The Hall–Kier alpha value is -1.51. The van der Waals surface area contributed by atoms with Crippen LogP contribution < -0.4 is 0 Å². The minimum atomic E-state index is -0.311. The van der Waals surface area contributed by atoms with Crippen molar-refractivity contribution in [1.82, 2.24) is 0 Å². The number of Topliss-reactive ketones (excluding diaryl/α,β-unsaturated/α-hetero) is 1. The van der Waals surface area contributed by atoms with Crippen molar-refractivity contribution in [3.63, 3.8) is 0 Å². The highest BCUT2D eigenvalue weighted by Crippen LogP contribution is 2.05. The first-order valence-corrected chi connectivity index (χ1v) is 4.42. The lowest BCUT2D eigenvalue weighted by atomic mass is 10.1. The van der Waals surface area contributed by atoms with Crippen LogP contribution in [0.3, 0.4) is 0 Å². The summed E-state index contributed by atoms with van der Waals surface area (Å²) in [7, 11) is 0. The molecule has 0 heterocycles. The van der Waals surface area contributed by atoms with Crippen LogP contribution in [0.4, 0.5) is 4.39 Å². The van der Waals surface area contributed by atoms with Gasteiger partial charge in [-0.1, -0.05) is 12.1 Å². The van der Waals surface area contributed by atoms with Crippen LogP contribution in [0.15, 0.2) is 24.3 Å². The molecule has 0 unspecified atom stereocenters. The van der Waals surface area contributed by atoms with E-state index in [0.717, 1.165) is 11.8 Å². The molecular weight excluding hydrogens is 183 g/mol. The number of hydrogen-bond donors (Lipinski definition) is 0. The van der Waals surface area contributed by atoms with Gasteiger partial charge in [-0.15, -0.1) is 0 Å². The van der Waals surface area contributed by atoms with E-state index in [-0.39, 0.29) is 30.9 Å². The summed E-state index contributed by atoms with van der Waals surface area (Å²) in [6, 6.07) is 5.80. The van der Waals surface area contributed by atoms with E-state index in [9.17, 15) is 14.0 Å². The molecule has 1 aromatic carbocycles. The third-order valence-electron chi connectivity index (χ3n) is 1.86. The van der Waals surface area contributed by atoms with Crippen LogP contribution >= 0.6 is 0 Å². The zero-order valence-electron chi connectivity index (χ0n) is 7.70. The Balaban J connectivity index is 2.47. The lowest BCUT2D eigenvalue weighted by molar-refractivity contribution is -0.120. The van der Waals surface area contributed by atoms with Gasteiger partial charge in [0.25, 0.3) is 0 Å². The maximum atomic E-state index is 12.5. The second-order valence-corrected chi connectivity index (χ2v) is 3.05. The van der Waals surface area contributed by atoms with Gasteiger partial charge in [-0.05, 0) is 17.7 Å². The van der Waals surface area contributed by atoms with E-state index in [2.05, 4.69) is 0 Å². The summed E-state index contributed by atoms with van der Waals surface area (Å²) < 4.78 is 12.5. The van der Waals surface area contributed by atoms with Gasteiger partial charge in [0, 0.05) is 19.3 Å². The van der Waals surface area contributed by atoms with E-state index in [1.165, 1.54) is 12.1 Å². The number of carbonyl (C=O) groups excluding carboxylic acids is 2. The van der Waals surface area contributed by atoms with Gasteiger partial charge in [0.2, 0.25) is 0 Å². The minimum Gasteiger partial charge on any atom is -0.303 e. The van der Waals surface area contributed by atoms with Crippen molar-refractivity contribution in [2.45, 2.75) is 19.3 Å². The SMILES string of the molecule is O=CCCC(=O)Cc1ccc(F)cc1. The van der Waals surface area contributed by atoms with E-state index in [0.29, 0.717) is 0 Å². The molecule has 14 heavy (non-hydrogen) atoms. The van der Waals surface area contributed by atoms with E-state index >= 15 is 0 Å².